The van der Waals surface area contributed by atoms with Crippen LogP contribution in [0.1, 0.15) is 73.3 Å². The van der Waals surface area contributed by atoms with Gasteiger partial charge in [-0.3, -0.25) is 5.10 Å². The van der Waals surface area contributed by atoms with Crippen molar-refractivity contribution in [1.82, 2.24) is 20.3 Å². The van der Waals surface area contributed by atoms with Gasteiger partial charge in [0.2, 0.25) is 5.89 Å². The summed E-state index contributed by atoms with van der Waals surface area (Å²) in [5.41, 5.74) is 2.58. The Morgan fingerprint density at radius 3 is 2.90 bits per heavy atom. The normalized spacial score (nSPS) is 23.7. The Kier molecular flexibility index (Phi) is 3.05. The van der Waals surface area contributed by atoms with E-state index in [0.717, 1.165) is 31.0 Å². The van der Waals surface area contributed by atoms with Gasteiger partial charge < -0.3 is 4.52 Å². The summed E-state index contributed by atoms with van der Waals surface area (Å²) >= 11 is 0. The molecule has 2 aromatic rings. The number of nitrogens with zero attached hydrogens (tertiary/aromatic N) is 3. The number of aryl methyl sites for hydroxylation is 1. The Labute approximate surface area is 118 Å². The summed E-state index contributed by atoms with van der Waals surface area (Å²) in [5, 5.41) is 11.4. The number of hydrogen-bond donors (Lipinski definition) is 1. The number of fused-ring (bicyclic) bond motifs is 1. The van der Waals surface area contributed by atoms with Crippen LogP contribution in [0.15, 0.2) is 10.7 Å². The first kappa shape index (κ1) is 12.1. The van der Waals surface area contributed by atoms with Crippen LogP contribution in [-0.4, -0.2) is 20.3 Å². The average molecular weight is 272 g/mol. The summed E-state index contributed by atoms with van der Waals surface area (Å²) in [6.45, 7) is 0. The number of rotatable bonds is 2. The molecule has 1 N–H and O–H groups in total. The van der Waals surface area contributed by atoms with Crippen molar-refractivity contribution >= 4 is 0 Å². The molecule has 0 saturated heterocycles. The Morgan fingerprint density at radius 2 is 2.00 bits per heavy atom. The molecule has 0 aliphatic heterocycles. The number of hydrogen-bond acceptors (Lipinski definition) is 4. The van der Waals surface area contributed by atoms with Crippen LogP contribution in [-0.2, 0) is 12.8 Å². The molecule has 0 radical (unpaired) electrons. The summed E-state index contributed by atoms with van der Waals surface area (Å²) in [4.78, 5) is 4.71. The van der Waals surface area contributed by atoms with E-state index in [-0.39, 0.29) is 0 Å². The third kappa shape index (κ3) is 2.15. The van der Waals surface area contributed by atoms with Crippen LogP contribution in [0.2, 0.25) is 0 Å². The van der Waals surface area contributed by atoms with Crippen molar-refractivity contribution < 1.29 is 4.52 Å². The lowest BCUT2D eigenvalue weighted by molar-refractivity contribution is 0.330. The highest BCUT2D eigenvalue weighted by atomic mass is 16.5. The molecule has 2 aliphatic rings. The third-order valence-electron chi connectivity index (χ3n) is 4.79. The smallest absolute Gasteiger partial charge is 0.230 e. The fraction of sp³-hybridized carbons (Fsp3) is 0.667. The van der Waals surface area contributed by atoms with E-state index >= 15 is 0 Å². The monoisotopic (exact) mass is 272 g/mol. The second-order valence-corrected chi connectivity index (χ2v) is 6.14. The van der Waals surface area contributed by atoms with E-state index in [1.165, 1.54) is 43.4 Å². The molecule has 1 saturated carbocycles. The van der Waals surface area contributed by atoms with E-state index in [9.17, 15) is 0 Å². The van der Waals surface area contributed by atoms with Gasteiger partial charge in [-0.15, -0.1) is 0 Å². The molecule has 0 amide bonds. The molecular weight excluding hydrogens is 252 g/mol. The highest BCUT2D eigenvalue weighted by Crippen LogP contribution is 2.34. The lowest BCUT2D eigenvalue weighted by atomic mass is 9.87. The minimum absolute atomic E-state index is 0.366. The number of aromatic nitrogens is 4. The summed E-state index contributed by atoms with van der Waals surface area (Å²) in [5.74, 6) is 2.66. The Morgan fingerprint density at radius 1 is 1.10 bits per heavy atom. The number of H-pyrrole nitrogens is 1. The predicted molar refractivity (Wildman–Crippen MR) is 73.5 cm³/mol. The van der Waals surface area contributed by atoms with Crippen molar-refractivity contribution in [2.75, 3.05) is 0 Å². The molecule has 2 heterocycles. The van der Waals surface area contributed by atoms with E-state index in [4.69, 9.17) is 9.51 Å². The van der Waals surface area contributed by atoms with Gasteiger partial charge in [0.15, 0.2) is 5.82 Å². The quantitative estimate of drug-likeness (QED) is 0.912. The van der Waals surface area contributed by atoms with Gasteiger partial charge in [0.05, 0.1) is 6.20 Å². The van der Waals surface area contributed by atoms with E-state index in [2.05, 4.69) is 15.4 Å². The summed E-state index contributed by atoms with van der Waals surface area (Å²) < 4.78 is 5.56. The largest absolute Gasteiger partial charge is 0.339 e. The standard InChI is InChI=1S/C15H20N4O/c1-2-4-10(5-3-1)14-17-15(20-19-14)11-6-7-13-12(8-11)9-16-18-13/h9-11H,1-8H2,(H,16,18)/t11-/m0/s1. The molecule has 20 heavy (non-hydrogen) atoms. The van der Waals surface area contributed by atoms with Crippen LogP contribution >= 0.6 is 0 Å². The Hall–Kier alpha value is -1.65. The van der Waals surface area contributed by atoms with Crippen molar-refractivity contribution in [2.24, 2.45) is 0 Å². The molecule has 106 valence electrons. The molecule has 0 spiro atoms. The second-order valence-electron chi connectivity index (χ2n) is 6.14. The van der Waals surface area contributed by atoms with Crippen LogP contribution in [0.5, 0.6) is 0 Å². The molecule has 2 aliphatic carbocycles. The minimum Gasteiger partial charge on any atom is -0.339 e. The van der Waals surface area contributed by atoms with E-state index in [0.29, 0.717) is 11.8 Å². The van der Waals surface area contributed by atoms with Crippen LogP contribution in [0.25, 0.3) is 0 Å². The molecule has 5 nitrogen and oxygen atoms in total. The van der Waals surface area contributed by atoms with Crippen LogP contribution in [0.4, 0.5) is 0 Å². The number of nitrogens with one attached hydrogen (secondary N) is 1. The molecule has 5 heteroatoms. The number of aromatic amines is 1. The van der Waals surface area contributed by atoms with Crippen molar-refractivity contribution in [2.45, 2.75) is 63.2 Å². The third-order valence-corrected chi connectivity index (χ3v) is 4.79. The summed E-state index contributed by atoms with van der Waals surface area (Å²) in [6, 6.07) is 0. The Bertz CT molecular complexity index is 582. The van der Waals surface area contributed by atoms with E-state index in [1.807, 2.05) is 6.20 Å². The van der Waals surface area contributed by atoms with Gasteiger partial charge in [0.25, 0.3) is 0 Å². The molecule has 0 bridgehead atoms. The Balaban J connectivity index is 1.51. The van der Waals surface area contributed by atoms with Crippen molar-refractivity contribution in [3.05, 3.63) is 29.2 Å². The maximum atomic E-state index is 5.56. The minimum atomic E-state index is 0.366. The maximum Gasteiger partial charge on any atom is 0.230 e. The molecular formula is C15H20N4O. The first-order valence-electron chi connectivity index (χ1n) is 7.75. The van der Waals surface area contributed by atoms with Gasteiger partial charge in [-0.2, -0.15) is 10.1 Å². The van der Waals surface area contributed by atoms with E-state index < -0.39 is 0 Å². The highest BCUT2D eigenvalue weighted by Gasteiger charge is 2.28. The van der Waals surface area contributed by atoms with E-state index in [1.54, 1.807) is 0 Å². The van der Waals surface area contributed by atoms with Gasteiger partial charge in [0.1, 0.15) is 0 Å². The first-order valence-corrected chi connectivity index (χ1v) is 7.75. The fourth-order valence-electron chi connectivity index (χ4n) is 3.57. The van der Waals surface area contributed by atoms with Crippen LogP contribution in [0.3, 0.4) is 0 Å². The SMILES string of the molecule is c1n[nH]c2c1C[C@@H](c1nc(C3CCCCC3)no1)CC2. The van der Waals surface area contributed by atoms with Gasteiger partial charge in [-0.25, -0.2) is 0 Å². The molecule has 2 aromatic heterocycles. The van der Waals surface area contributed by atoms with Crippen molar-refractivity contribution in [3.8, 4) is 0 Å². The second kappa shape index (κ2) is 5.04. The zero-order valence-corrected chi connectivity index (χ0v) is 11.6. The zero-order chi connectivity index (χ0) is 13.4. The molecule has 1 fully saturated rings. The van der Waals surface area contributed by atoms with Gasteiger partial charge >= 0.3 is 0 Å². The predicted octanol–water partition coefficient (Wildman–Crippen LogP) is 3.11. The zero-order valence-electron chi connectivity index (χ0n) is 11.6. The van der Waals surface area contributed by atoms with Gasteiger partial charge in [0, 0.05) is 17.5 Å². The molecule has 4 rings (SSSR count). The maximum absolute atomic E-state index is 5.56. The van der Waals surface area contributed by atoms with Crippen molar-refractivity contribution in [1.29, 1.82) is 0 Å². The van der Waals surface area contributed by atoms with Crippen molar-refractivity contribution in [3.63, 3.8) is 0 Å². The fourth-order valence-corrected chi connectivity index (χ4v) is 3.57. The molecule has 1 atom stereocenters. The van der Waals surface area contributed by atoms with Crippen LogP contribution < -0.4 is 0 Å². The summed E-state index contributed by atoms with van der Waals surface area (Å²) in [6.07, 6.45) is 11.4. The topological polar surface area (TPSA) is 67.6 Å². The molecule has 0 unspecified atom stereocenters. The highest BCUT2D eigenvalue weighted by molar-refractivity contribution is 5.23. The lowest BCUT2D eigenvalue weighted by Gasteiger charge is -2.18. The first-order chi connectivity index (χ1) is 9.90. The molecule has 0 aromatic carbocycles. The van der Waals surface area contributed by atoms with Crippen LogP contribution in [0, 0.1) is 0 Å². The van der Waals surface area contributed by atoms with Gasteiger partial charge in [-0.05, 0) is 37.7 Å². The average Bonchev–Trinajstić information content (AvgIpc) is 3.16. The van der Waals surface area contributed by atoms with Gasteiger partial charge in [-0.1, -0.05) is 24.4 Å². The lowest BCUT2D eigenvalue weighted by Crippen LogP contribution is -2.12. The summed E-state index contributed by atoms with van der Waals surface area (Å²) in [7, 11) is 0.